The van der Waals surface area contributed by atoms with E-state index >= 15 is 0 Å². The molecule has 170 valence electrons. The topological polar surface area (TPSA) is 131 Å². The molecule has 0 spiro atoms. The van der Waals surface area contributed by atoms with Crippen molar-refractivity contribution >= 4 is 32.4 Å². The molecule has 9 nitrogen and oxygen atoms in total. The molecule has 0 amide bonds. The molecule has 1 aromatic carbocycles. The zero-order valence-corrected chi connectivity index (χ0v) is 18.7. The second kappa shape index (κ2) is 7.56. The van der Waals surface area contributed by atoms with E-state index in [2.05, 4.69) is 16.4 Å². The van der Waals surface area contributed by atoms with Crippen molar-refractivity contribution in [2.75, 3.05) is 5.32 Å². The van der Waals surface area contributed by atoms with Crippen LogP contribution in [0, 0.1) is 26.9 Å². The summed E-state index contributed by atoms with van der Waals surface area (Å²) in [5, 5.41) is 24.9. The maximum Gasteiger partial charge on any atom is 0.311 e. The van der Waals surface area contributed by atoms with Gasteiger partial charge in [0.1, 0.15) is 11.9 Å². The van der Waals surface area contributed by atoms with E-state index in [1.807, 2.05) is 0 Å². The van der Waals surface area contributed by atoms with Crippen LogP contribution >= 0.6 is 0 Å². The quantitative estimate of drug-likeness (QED) is 0.416. The summed E-state index contributed by atoms with van der Waals surface area (Å²) in [6, 6.07) is 11.9. The molecule has 3 aliphatic carbocycles. The van der Waals surface area contributed by atoms with Crippen molar-refractivity contribution in [1.82, 2.24) is 8.96 Å². The lowest BCUT2D eigenvalue weighted by atomic mass is 9.56. The van der Waals surface area contributed by atoms with Gasteiger partial charge in [0.05, 0.1) is 21.3 Å². The maximum absolute atomic E-state index is 13.2. The zero-order valence-electron chi connectivity index (χ0n) is 17.9. The molecular formula is C23H23N5O4S. The van der Waals surface area contributed by atoms with Crippen LogP contribution in [0.5, 0.6) is 0 Å². The van der Waals surface area contributed by atoms with Gasteiger partial charge in [0.2, 0.25) is 0 Å². The first-order chi connectivity index (χ1) is 15.8. The fourth-order valence-corrected chi connectivity index (χ4v) is 6.69. The Morgan fingerprint density at radius 2 is 1.79 bits per heavy atom. The zero-order chi connectivity index (χ0) is 23.3. The first kappa shape index (κ1) is 21.4. The lowest BCUT2D eigenvalue weighted by Gasteiger charge is -2.53. The molecule has 2 bridgehead atoms. The molecule has 3 aromatic rings. The van der Waals surface area contributed by atoms with Crippen molar-refractivity contribution in [3.8, 4) is 6.07 Å². The molecule has 0 aliphatic heterocycles. The second-order valence-corrected chi connectivity index (χ2v) is 11.0. The lowest BCUT2D eigenvalue weighted by Crippen LogP contribution is -2.50. The number of aromatic nitrogens is 2. The van der Waals surface area contributed by atoms with Gasteiger partial charge in [0, 0.05) is 18.2 Å². The van der Waals surface area contributed by atoms with E-state index in [0.29, 0.717) is 17.5 Å². The highest BCUT2D eigenvalue weighted by molar-refractivity contribution is 7.90. The third kappa shape index (κ3) is 3.43. The minimum absolute atomic E-state index is 0.0603. The molecule has 2 heterocycles. The first-order valence-corrected chi connectivity index (χ1v) is 12.3. The summed E-state index contributed by atoms with van der Waals surface area (Å²) in [6.45, 7) is 0. The number of rotatable bonds is 6. The Bertz CT molecular complexity index is 1370. The van der Waals surface area contributed by atoms with Crippen LogP contribution in [0.25, 0.3) is 11.0 Å². The van der Waals surface area contributed by atoms with E-state index in [-0.39, 0.29) is 27.2 Å². The van der Waals surface area contributed by atoms with Crippen molar-refractivity contribution in [2.45, 2.75) is 55.4 Å². The van der Waals surface area contributed by atoms with Crippen molar-refractivity contribution in [3.63, 3.8) is 0 Å². The normalized spacial score (nSPS) is 24.5. The Balaban J connectivity index is 1.58. The molecule has 33 heavy (non-hydrogen) atoms. The second-order valence-electron chi connectivity index (χ2n) is 9.18. The van der Waals surface area contributed by atoms with E-state index in [1.54, 1.807) is 24.3 Å². The van der Waals surface area contributed by atoms with E-state index < -0.39 is 14.9 Å². The summed E-state index contributed by atoms with van der Waals surface area (Å²) in [5.41, 5.74) is 0.0307. The monoisotopic (exact) mass is 465 g/mol. The van der Waals surface area contributed by atoms with Crippen LogP contribution in [0.1, 0.15) is 44.9 Å². The Morgan fingerprint density at radius 1 is 1.12 bits per heavy atom. The molecule has 0 saturated heterocycles. The third-order valence-electron chi connectivity index (χ3n) is 7.40. The summed E-state index contributed by atoms with van der Waals surface area (Å²) in [5.74, 6) is 0. The molecule has 3 saturated carbocycles. The van der Waals surface area contributed by atoms with E-state index in [9.17, 15) is 23.8 Å². The van der Waals surface area contributed by atoms with Crippen molar-refractivity contribution in [2.24, 2.45) is 5.41 Å². The fraction of sp³-hybridized carbons (Fsp3) is 0.391. The molecule has 1 N–H and O–H groups in total. The first-order valence-electron chi connectivity index (χ1n) is 10.9. The van der Waals surface area contributed by atoms with Crippen LogP contribution in [-0.2, 0) is 10.0 Å². The van der Waals surface area contributed by atoms with Gasteiger partial charge >= 0.3 is 5.69 Å². The molecule has 2 aromatic heterocycles. The summed E-state index contributed by atoms with van der Waals surface area (Å²) in [6.07, 6.45) is 8.23. The largest absolute Gasteiger partial charge is 0.373 e. The van der Waals surface area contributed by atoms with Gasteiger partial charge in [-0.25, -0.2) is 17.4 Å². The molecule has 0 unspecified atom stereocenters. The maximum atomic E-state index is 13.2. The Morgan fingerprint density at radius 3 is 2.39 bits per heavy atom. The van der Waals surface area contributed by atoms with Crippen molar-refractivity contribution in [1.29, 1.82) is 5.26 Å². The minimum atomic E-state index is -3.91. The van der Waals surface area contributed by atoms with Gasteiger partial charge in [0.25, 0.3) is 10.0 Å². The van der Waals surface area contributed by atoms with Crippen LogP contribution in [0.4, 0.5) is 11.4 Å². The number of nitriles is 1. The average Bonchev–Trinajstić information content (AvgIpc) is 3.27. The molecule has 0 atom stereocenters. The summed E-state index contributed by atoms with van der Waals surface area (Å²) >= 11 is 0. The predicted molar refractivity (Wildman–Crippen MR) is 122 cm³/mol. The Labute approximate surface area is 191 Å². The van der Waals surface area contributed by atoms with Gasteiger partial charge in [-0.05, 0) is 62.1 Å². The molecule has 3 aliphatic rings. The van der Waals surface area contributed by atoms with E-state index in [1.165, 1.54) is 18.3 Å². The number of pyridine rings is 1. The molecule has 6 rings (SSSR count). The van der Waals surface area contributed by atoms with Gasteiger partial charge in [-0.2, -0.15) is 5.26 Å². The average molecular weight is 466 g/mol. The number of fused-ring (bicyclic) bond motifs is 4. The van der Waals surface area contributed by atoms with Crippen LogP contribution in [0.15, 0.2) is 53.7 Å². The Kier molecular flexibility index (Phi) is 4.90. The van der Waals surface area contributed by atoms with Gasteiger partial charge in [0.15, 0.2) is 5.65 Å². The van der Waals surface area contributed by atoms with Crippen LogP contribution in [0.3, 0.4) is 0 Å². The van der Waals surface area contributed by atoms with Crippen LogP contribution in [0.2, 0.25) is 0 Å². The number of benzene rings is 1. The number of nitrogens with one attached hydrogen (secondary N) is 1. The van der Waals surface area contributed by atoms with Gasteiger partial charge < -0.3 is 5.32 Å². The van der Waals surface area contributed by atoms with E-state index in [4.69, 9.17) is 0 Å². The fourth-order valence-electron chi connectivity index (χ4n) is 5.37. The highest BCUT2D eigenvalue weighted by Gasteiger charge is 2.49. The SMILES string of the molecule is N#CCC12CCC(Nc3c([N+](=O)[O-])cnc4c3ccn4S(=O)(=O)c3ccccc3)(CC1)CC2. The number of nitrogens with zero attached hydrogens (tertiary/aromatic N) is 4. The molecule has 0 radical (unpaired) electrons. The predicted octanol–water partition coefficient (Wildman–Crippen LogP) is 4.60. The standard InChI is InChI=1S/C23H23N5O4S/c24-14-13-22-7-10-23(11-8-22,12-9-22)26-20-18-6-15-27(21(18)25-16-19(20)28(29)30)33(31,32)17-4-2-1-3-5-17/h1-6,15-16H,7-13H2,(H,25,26). The summed E-state index contributed by atoms with van der Waals surface area (Å²) in [7, 11) is -3.91. The number of anilines is 1. The molecular weight excluding hydrogens is 442 g/mol. The Hall–Kier alpha value is -3.45. The van der Waals surface area contributed by atoms with Crippen molar-refractivity contribution < 1.29 is 13.3 Å². The van der Waals surface area contributed by atoms with Gasteiger partial charge in [-0.1, -0.05) is 18.2 Å². The van der Waals surface area contributed by atoms with Crippen LogP contribution in [-0.4, -0.2) is 27.8 Å². The summed E-state index contributed by atoms with van der Waals surface area (Å²) in [4.78, 5) is 15.6. The van der Waals surface area contributed by atoms with Crippen LogP contribution < -0.4 is 5.32 Å². The third-order valence-corrected chi connectivity index (χ3v) is 9.08. The number of hydrogen-bond acceptors (Lipinski definition) is 7. The van der Waals surface area contributed by atoms with Gasteiger partial charge in [-0.3, -0.25) is 10.1 Å². The highest BCUT2D eigenvalue weighted by Crippen LogP contribution is 2.55. The smallest absolute Gasteiger partial charge is 0.311 e. The number of nitro groups is 1. The number of hydrogen-bond donors (Lipinski definition) is 1. The molecule has 10 heteroatoms. The lowest BCUT2D eigenvalue weighted by molar-refractivity contribution is -0.384. The van der Waals surface area contributed by atoms with Crippen molar-refractivity contribution in [3.05, 3.63) is 58.9 Å². The highest BCUT2D eigenvalue weighted by atomic mass is 32.2. The summed E-state index contributed by atoms with van der Waals surface area (Å²) < 4.78 is 27.5. The van der Waals surface area contributed by atoms with E-state index in [0.717, 1.165) is 48.7 Å². The molecule has 3 fully saturated rings. The minimum Gasteiger partial charge on any atom is -0.373 e. The van der Waals surface area contributed by atoms with Gasteiger partial charge in [-0.15, -0.1) is 0 Å².